The molecule has 0 radical (unpaired) electrons. The van der Waals surface area contributed by atoms with Gasteiger partial charge in [0.15, 0.2) is 0 Å². The number of carboxylic acids is 1. The first-order valence-electron chi connectivity index (χ1n) is 6.67. The first-order valence-corrected chi connectivity index (χ1v) is 7.99. The van der Waals surface area contributed by atoms with E-state index in [2.05, 4.69) is 5.32 Å². The second-order valence-electron chi connectivity index (χ2n) is 5.69. The second kappa shape index (κ2) is 7.36. The van der Waals surface area contributed by atoms with Crippen molar-refractivity contribution in [2.75, 3.05) is 12.3 Å². The van der Waals surface area contributed by atoms with Crippen molar-refractivity contribution in [2.45, 2.75) is 31.9 Å². The van der Waals surface area contributed by atoms with Crippen LogP contribution in [0.2, 0.25) is 0 Å². The van der Waals surface area contributed by atoms with E-state index in [9.17, 15) is 13.8 Å². The first-order chi connectivity index (χ1) is 9.70. The van der Waals surface area contributed by atoms with Crippen molar-refractivity contribution in [3.63, 3.8) is 0 Å². The number of aromatic carboxylic acids is 1. The van der Waals surface area contributed by atoms with Crippen LogP contribution in [-0.2, 0) is 22.0 Å². The maximum atomic E-state index is 11.8. The maximum absolute atomic E-state index is 11.8. The summed E-state index contributed by atoms with van der Waals surface area (Å²) >= 11 is 0. The number of hydrogen-bond acceptors (Lipinski definition) is 3. The highest BCUT2D eigenvalue weighted by molar-refractivity contribution is 7.86. The molecule has 0 aliphatic rings. The summed E-state index contributed by atoms with van der Waals surface area (Å²) in [5.74, 6) is -0.729. The lowest BCUT2D eigenvalue weighted by atomic mass is 10.1. The molecule has 1 unspecified atom stereocenters. The Morgan fingerprint density at radius 1 is 1.19 bits per heavy atom. The Bertz CT molecular complexity index is 532. The van der Waals surface area contributed by atoms with Crippen LogP contribution in [0.5, 0.6) is 0 Å². The molecule has 116 valence electrons. The Hall–Kier alpha value is -1.69. The molecule has 0 fully saturated rings. The zero-order valence-electron chi connectivity index (χ0n) is 12.5. The fourth-order valence-electron chi connectivity index (χ4n) is 1.60. The highest BCUT2D eigenvalue weighted by Gasteiger charge is 2.18. The summed E-state index contributed by atoms with van der Waals surface area (Å²) in [7, 11) is -0.989. The fraction of sp³-hybridized carbons (Fsp3) is 0.467. The predicted molar refractivity (Wildman–Crippen MR) is 82.9 cm³/mol. The second-order valence-corrected chi connectivity index (χ2v) is 8.01. The minimum Gasteiger partial charge on any atom is -0.478 e. The molecule has 0 heterocycles. The number of carbonyl (C=O) groups excluding carboxylic acids is 1. The van der Waals surface area contributed by atoms with E-state index in [0.717, 1.165) is 5.56 Å². The number of hydrogen-bond donors (Lipinski definition) is 2. The Kier molecular flexibility index (Phi) is 6.08. The molecule has 2 N–H and O–H groups in total. The van der Waals surface area contributed by atoms with Crippen molar-refractivity contribution in [1.82, 2.24) is 5.32 Å². The number of nitrogens with one attached hydrogen (secondary N) is 1. The van der Waals surface area contributed by atoms with Gasteiger partial charge in [0, 0.05) is 27.8 Å². The molecular weight excluding hydrogens is 290 g/mol. The van der Waals surface area contributed by atoms with Crippen LogP contribution in [0.15, 0.2) is 24.3 Å². The molecule has 6 heteroatoms. The van der Waals surface area contributed by atoms with Crippen LogP contribution in [0.3, 0.4) is 0 Å². The molecule has 0 aromatic heterocycles. The molecule has 1 aromatic rings. The Morgan fingerprint density at radius 3 is 2.24 bits per heavy atom. The van der Waals surface area contributed by atoms with Crippen LogP contribution in [0.4, 0.5) is 0 Å². The van der Waals surface area contributed by atoms with Gasteiger partial charge in [-0.25, -0.2) is 4.79 Å². The molecule has 1 atom stereocenters. The standard InChI is InChI=1S/C15H21NO4S/c1-15(2,3)21(20)9-8-16-13(17)10-11-4-6-12(7-5-11)14(18)19/h4-7H,8-10H2,1-3H3,(H,16,17)(H,18,19). The lowest BCUT2D eigenvalue weighted by Gasteiger charge is -2.17. The summed E-state index contributed by atoms with van der Waals surface area (Å²) in [6, 6.07) is 6.19. The predicted octanol–water partition coefficient (Wildman–Crippen LogP) is 1.59. The average Bonchev–Trinajstić information content (AvgIpc) is 2.38. The molecule has 1 aromatic carbocycles. The molecule has 1 amide bonds. The summed E-state index contributed by atoms with van der Waals surface area (Å²) in [5.41, 5.74) is 0.939. The summed E-state index contributed by atoms with van der Waals surface area (Å²) < 4.78 is 11.5. The third-order valence-corrected chi connectivity index (χ3v) is 4.80. The van der Waals surface area contributed by atoms with Gasteiger partial charge in [-0.15, -0.1) is 0 Å². The molecule has 0 saturated heterocycles. The van der Waals surface area contributed by atoms with Gasteiger partial charge in [-0.3, -0.25) is 9.00 Å². The van der Waals surface area contributed by atoms with E-state index in [4.69, 9.17) is 5.11 Å². The molecule has 0 aliphatic heterocycles. The van der Waals surface area contributed by atoms with Gasteiger partial charge < -0.3 is 10.4 Å². The van der Waals surface area contributed by atoms with Crippen LogP contribution in [0.25, 0.3) is 0 Å². The van der Waals surface area contributed by atoms with Crippen LogP contribution < -0.4 is 5.32 Å². The number of rotatable bonds is 6. The molecule has 5 nitrogen and oxygen atoms in total. The third kappa shape index (κ3) is 6.08. The summed E-state index contributed by atoms with van der Waals surface area (Å²) in [6.07, 6.45) is 0.183. The zero-order valence-corrected chi connectivity index (χ0v) is 13.3. The molecule has 0 bridgehead atoms. The van der Waals surface area contributed by atoms with Crippen LogP contribution in [0, 0.1) is 0 Å². The van der Waals surface area contributed by atoms with Crippen LogP contribution in [0.1, 0.15) is 36.7 Å². The van der Waals surface area contributed by atoms with E-state index in [1.165, 1.54) is 12.1 Å². The molecule has 0 saturated carbocycles. The maximum Gasteiger partial charge on any atom is 0.335 e. The van der Waals surface area contributed by atoms with Crippen molar-refractivity contribution in [3.8, 4) is 0 Å². The topological polar surface area (TPSA) is 83.5 Å². The zero-order chi connectivity index (χ0) is 16.0. The number of carbonyl (C=O) groups is 2. The lowest BCUT2D eigenvalue weighted by Crippen LogP contribution is -2.33. The van der Waals surface area contributed by atoms with E-state index in [1.54, 1.807) is 12.1 Å². The number of benzene rings is 1. The molecule has 21 heavy (non-hydrogen) atoms. The Balaban J connectivity index is 2.40. The lowest BCUT2D eigenvalue weighted by molar-refractivity contribution is -0.120. The van der Waals surface area contributed by atoms with Crippen molar-refractivity contribution in [3.05, 3.63) is 35.4 Å². The van der Waals surface area contributed by atoms with Crippen molar-refractivity contribution >= 4 is 22.7 Å². The SMILES string of the molecule is CC(C)(C)S(=O)CCNC(=O)Cc1ccc(C(=O)O)cc1. The first kappa shape index (κ1) is 17.4. The van der Waals surface area contributed by atoms with Crippen LogP contribution in [-0.4, -0.2) is 38.2 Å². The van der Waals surface area contributed by atoms with E-state index in [-0.39, 0.29) is 22.6 Å². The summed E-state index contributed by atoms with van der Waals surface area (Å²) in [5, 5.41) is 11.5. The fourth-order valence-corrected chi connectivity index (χ4v) is 2.50. The highest BCUT2D eigenvalue weighted by atomic mass is 32.2. The van der Waals surface area contributed by atoms with Gasteiger partial charge in [-0.1, -0.05) is 12.1 Å². The van der Waals surface area contributed by atoms with E-state index in [1.807, 2.05) is 20.8 Å². The van der Waals surface area contributed by atoms with Gasteiger partial charge in [0.05, 0.1) is 12.0 Å². The van der Waals surface area contributed by atoms with Crippen molar-refractivity contribution < 1.29 is 18.9 Å². The quantitative estimate of drug-likeness (QED) is 0.835. The van der Waals surface area contributed by atoms with E-state index < -0.39 is 16.8 Å². The van der Waals surface area contributed by atoms with Gasteiger partial charge in [0.25, 0.3) is 0 Å². The Morgan fingerprint density at radius 2 is 1.76 bits per heavy atom. The van der Waals surface area contributed by atoms with Crippen LogP contribution >= 0.6 is 0 Å². The highest BCUT2D eigenvalue weighted by Crippen LogP contribution is 2.10. The Labute approximate surface area is 127 Å². The summed E-state index contributed by atoms with van der Waals surface area (Å²) in [6.45, 7) is 6.06. The normalized spacial score (nSPS) is 12.7. The largest absolute Gasteiger partial charge is 0.478 e. The van der Waals surface area contributed by atoms with Gasteiger partial charge in [0.2, 0.25) is 5.91 Å². The average molecular weight is 311 g/mol. The minimum absolute atomic E-state index is 0.163. The number of carboxylic acid groups (broad SMARTS) is 1. The molecule has 0 aliphatic carbocycles. The van der Waals surface area contributed by atoms with Gasteiger partial charge >= 0.3 is 5.97 Å². The molecule has 1 rings (SSSR count). The summed E-state index contributed by atoms with van der Waals surface area (Å²) in [4.78, 5) is 22.4. The molecular formula is C15H21NO4S. The minimum atomic E-state index is -0.990. The number of amides is 1. The monoisotopic (exact) mass is 311 g/mol. The van der Waals surface area contributed by atoms with E-state index >= 15 is 0 Å². The molecule has 0 spiro atoms. The van der Waals surface area contributed by atoms with Crippen molar-refractivity contribution in [2.24, 2.45) is 0 Å². The van der Waals surface area contributed by atoms with Crippen molar-refractivity contribution in [1.29, 1.82) is 0 Å². The smallest absolute Gasteiger partial charge is 0.335 e. The third-order valence-electron chi connectivity index (χ3n) is 2.86. The van der Waals surface area contributed by atoms with E-state index in [0.29, 0.717) is 12.3 Å². The van der Waals surface area contributed by atoms with Gasteiger partial charge in [-0.05, 0) is 38.5 Å². The van der Waals surface area contributed by atoms with Gasteiger partial charge in [-0.2, -0.15) is 0 Å². The van der Waals surface area contributed by atoms with Gasteiger partial charge in [0.1, 0.15) is 0 Å².